The number of hydrogen-bond acceptors (Lipinski definition) is 3. The van der Waals surface area contributed by atoms with Crippen molar-refractivity contribution >= 4 is 5.91 Å². The molecule has 18 heavy (non-hydrogen) atoms. The van der Waals surface area contributed by atoms with Crippen LogP contribution in [-0.4, -0.2) is 48.2 Å². The average Bonchev–Trinajstić information content (AvgIpc) is 2.21. The van der Waals surface area contributed by atoms with Crippen LogP contribution in [0.4, 0.5) is 13.2 Å². The summed E-state index contributed by atoms with van der Waals surface area (Å²) < 4.78 is 37.7. The predicted molar refractivity (Wildman–Crippen MR) is 61.9 cm³/mol. The molecule has 1 aliphatic heterocycles. The van der Waals surface area contributed by atoms with E-state index in [0.717, 1.165) is 6.54 Å². The maximum absolute atomic E-state index is 12.6. The van der Waals surface area contributed by atoms with Crippen LogP contribution < -0.4 is 11.1 Å². The summed E-state index contributed by atoms with van der Waals surface area (Å²) in [5.74, 6) is -1.16. The Morgan fingerprint density at radius 1 is 1.44 bits per heavy atom. The van der Waals surface area contributed by atoms with Gasteiger partial charge in [-0.1, -0.05) is 0 Å². The fourth-order valence-electron chi connectivity index (χ4n) is 1.88. The van der Waals surface area contributed by atoms with E-state index in [9.17, 15) is 18.0 Å². The Bertz CT molecular complexity index is 317. The van der Waals surface area contributed by atoms with E-state index in [4.69, 9.17) is 5.73 Å². The number of halogens is 3. The number of piperidine rings is 1. The third-order valence-electron chi connectivity index (χ3n) is 3.60. The lowest BCUT2D eigenvalue weighted by atomic mass is 9.96. The number of amides is 1. The topological polar surface area (TPSA) is 58.4 Å². The van der Waals surface area contributed by atoms with Gasteiger partial charge in [0, 0.05) is 18.6 Å². The van der Waals surface area contributed by atoms with Gasteiger partial charge in [0.25, 0.3) is 0 Å². The Labute approximate surface area is 105 Å². The highest BCUT2D eigenvalue weighted by atomic mass is 19.4. The van der Waals surface area contributed by atoms with Crippen molar-refractivity contribution in [3.8, 4) is 0 Å². The van der Waals surface area contributed by atoms with E-state index >= 15 is 0 Å². The summed E-state index contributed by atoms with van der Waals surface area (Å²) in [5.41, 5.74) is 2.24. The molecule has 1 amide bonds. The largest absolute Gasteiger partial charge is 0.415 e. The number of rotatable bonds is 2. The van der Waals surface area contributed by atoms with Crippen LogP contribution in [0.5, 0.6) is 0 Å². The van der Waals surface area contributed by atoms with Crippen LogP contribution >= 0.6 is 0 Å². The molecular weight excluding hydrogens is 247 g/mol. The Morgan fingerprint density at radius 3 is 2.44 bits per heavy atom. The van der Waals surface area contributed by atoms with Crippen molar-refractivity contribution in [2.24, 2.45) is 5.73 Å². The number of carbonyl (C=O) groups is 1. The van der Waals surface area contributed by atoms with Crippen molar-refractivity contribution in [1.82, 2.24) is 10.2 Å². The predicted octanol–water partition coefficient (Wildman–Crippen LogP) is 0.865. The van der Waals surface area contributed by atoms with Gasteiger partial charge in [-0.3, -0.25) is 4.79 Å². The van der Waals surface area contributed by atoms with Crippen molar-refractivity contribution in [2.45, 2.75) is 50.5 Å². The molecule has 1 saturated heterocycles. The molecule has 1 aliphatic rings. The highest BCUT2D eigenvalue weighted by Crippen LogP contribution is 2.28. The maximum Gasteiger partial charge on any atom is 0.415 e. The van der Waals surface area contributed by atoms with Crippen LogP contribution in [0.3, 0.4) is 0 Å². The summed E-state index contributed by atoms with van der Waals surface area (Å²) in [6.45, 7) is 3.42. The molecule has 0 saturated carbocycles. The smallest absolute Gasteiger partial charge is 0.351 e. The second-order valence-corrected chi connectivity index (χ2v) is 5.22. The molecule has 0 aromatic heterocycles. The van der Waals surface area contributed by atoms with E-state index in [2.05, 4.69) is 10.2 Å². The summed E-state index contributed by atoms with van der Waals surface area (Å²) in [5, 5.41) is 2.41. The molecule has 106 valence electrons. The van der Waals surface area contributed by atoms with E-state index < -0.39 is 17.6 Å². The lowest BCUT2D eigenvalue weighted by Gasteiger charge is -2.37. The monoisotopic (exact) mass is 267 g/mol. The van der Waals surface area contributed by atoms with Crippen molar-refractivity contribution in [2.75, 3.05) is 13.6 Å². The van der Waals surface area contributed by atoms with Crippen LogP contribution in [0.25, 0.3) is 0 Å². The standard InChI is InChI=1S/C11H20F3N3O/c1-7-6-8(4-5-17(7)3)16-9(18)10(2,15)11(12,13)14/h7-8H,4-6,15H2,1-3H3,(H,16,18). The third-order valence-corrected chi connectivity index (χ3v) is 3.60. The fourth-order valence-corrected chi connectivity index (χ4v) is 1.88. The summed E-state index contributed by atoms with van der Waals surface area (Å²) in [7, 11) is 1.95. The van der Waals surface area contributed by atoms with Gasteiger partial charge in [-0.25, -0.2) is 0 Å². The van der Waals surface area contributed by atoms with Gasteiger partial charge in [0.15, 0.2) is 5.54 Å². The van der Waals surface area contributed by atoms with Gasteiger partial charge in [0.2, 0.25) is 5.91 Å². The lowest BCUT2D eigenvalue weighted by molar-refractivity contribution is -0.188. The first-order valence-electron chi connectivity index (χ1n) is 5.92. The van der Waals surface area contributed by atoms with Gasteiger partial charge in [0.1, 0.15) is 0 Å². The molecule has 4 nitrogen and oxygen atoms in total. The Balaban J connectivity index is 2.61. The quantitative estimate of drug-likeness (QED) is 0.780. The zero-order valence-corrected chi connectivity index (χ0v) is 10.8. The molecular formula is C11H20F3N3O. The maximum atomic E-state index is 12.6. The molecule has 0 spiro atoms. The van der Waals surface area contributed by atoms with Crippen molar-refractivity contribution in [3.05, 3.63) is 0 Å². The number of alkyl halides is 3. The zero-order valence-electron chi connectivity index (χ0n) is 10.8. The molecule has 1 fully saturated rings. The van der Waals surface area contributed by atoms with Crippen LogP contribution in [0.15, 0.2) is 0 Å². The molecule has 0 bridgehead atoms. The molecule has 3 unspecified atom stereocenters. The second kappa shape index (κ2) is 5.05. The Morgan fingerprint density at radius 2 is 2.00 bits per heavy atom. The van der Waals surface area contributed by atoms with Crippen molar-refractivity contribution < 1.29 is 18.0 Å². The van der Waals surface area contributed by atoms with Crippen LogP contribution in [0.2, 0.25) is 0 Å². The molecule has 0 aromatic rings. The van der Waals surface area contributed by atoms with Crippen LogP contribution in [0, 0.1) is 0 Å². The first kappa shape index (κ1) is 15.2. The zero-order chi connectivity index (χ0) is 14.1. The van der Waals surface area contributed by atoms with E-state index in [0.29, 0.717) is 19.8 Å². The highest BCUT2D eigenvalue weighted by molar-refractivity contribution is 5.86. The second-order valence-electron chi connectivity index (χ2n) is 5.22. The summed E-state index contributed by atoms with van der Waals surface area (Å²) in [6.07, 6.45) is -3.47. The third kappa shape index (κ3) is 3.14. The van der Waals surface area contributed by atoms with E-state index in [1.54, 1.807) is 0 Å². The molecule has 1 heterocycles. The molecule has 0 aliphatic carbocycles. The normalized spacial score (nSPS) is 29.7. The number of nitrogens with two attached hydrogens (primary N) is 1. The van der Waals surface area contributed by atoms with Gasteiger partial charge in [-0.2, -0.15) is 13.2 Å². The number of likely N-dealkylation sites (tertiary alicyclic amines) is 1. The minimum Gasteiger partial charge on any atom is -0.351 e. The van der Waals surface area contributed by atoms with Crippen LogP contribution in [0.1, 0.15) is 26.7 Å². The SMILES string of the molecule is CC1CC(NC(=O)C(C)(N)C(F)(F)F)CCN1C. The Kier molecular flexibility index (Phi) is 4.27. The lowest BCUT2D eigenvalue weighted by Crippen LogP contribution is -2.63. The van der Waals surface area contributed by atoms with Crippen molar-refractivity contribution in [1.29, 1.82) is 0 Å². The van der Waals surface area contributed by atoms with Gasteiger partial charge >= 0.3 is 6.18 Å². The summed E-state index contributed by atoms with van der Waals surface area (Å²) in [4.78, 5) is 13.7. The van der Waals surface area contributed by atoms with E-state index in [-0.39, 0.29) is 12.1 Å². The molecule has 7 heteroatoms. The summed E-state index contributed by atoms with van der Waals surface area (Å²) in [6, 6.07) is -0.00658. The number of carbonyl (C=O) groups excluding carboxylic acids is 1. The molecule has 0 aromatic carbocycles. The van der Waals surface area contributed by atoms with Crippen LogP contribution in [-0.2, 0) is 4.79 Å². The van der Waals surface area contributed by atoms with Gasteiger partial charge < -0.3 is 16.0 Å². The number of hydrogen-bond donors (Lipinski definition) is 2. The van der Waals surface area contributed by atoms with Gasteiger partial charge in [0.05, 0.1) is 0 Å². The fraction of sp³-hybridized carbons (Fsp3) is 0.909. The van der Waals surface area contributed by atoms with Gasteiger partial charge in [-0.15, -0.1) is 0 Å². The van der Waals surface area contributed by atoms with E-state index in [1.165, 1.54) is 0 Å². The van der Waals surface area contributed by atoms with E-state index in [1.807, 2.05) is 14.0 Å². The minimum absolute atomic E-state index is 0.235. The molecule has 3 N–H and O–H groups in total. The Hall–Kier alpha value is -0.820. The first-order chi connectivity index (χ1) is 8.05. The average molecular weight is 267 g/mol. The number of nitrogens with one attached hydrogen (secondary N) is 1. The molecule has 1 rings (SSSR count). The minimum atomic E-state index is -4.74. The highest BCUT2D eigenvalue weighted by Gasteiger charge is 2.54. The first-order valence-corrected chi connectivity index (χ1v) is 5.92. The van der Waals surface area contributed by atoms with Gasteiger partial charge in [-0.05, 0) is 33.7 Å². The number of nitrogens with zero attached hydrogens (tertiary/aromatic N) is 1. The van der Waals surface area contributed by atoms with Crippen molar-refractivity contribution in [3.63, 3.8) is 0 Å². The molecule has 3 atom stereocenters. The molecule has 0 radical (unpaired) electrons. The summed E-state index contributed by atoms with van der Waals surface area (Å²) >= 11 is 0.